The Hall–Kier alpha value is -2.62. The van der Waals surface area contributed by atoms with Crippen LogP contribution in [0.1, 0.15) is 20.3 Å². The fourth-order valence-corrected chi connectivity index (χ4v) is 3.42. The first kappa shape index (κ1) is 15.3. The first-order valence-electron chi connectivity index (χ1n) is 7.59. The van der Waals surface area contributed by atoms with Gasteiger partial charge in [-0.05, 0) is 6.07 Å². The second kappa shape index (κ2) is 5.54. The molecule has 1 aliphatic rings. The number of rotatable bonds is 3. The topological polar surface area (TPSA) is 88.9 Å². The Morgan fingerprint density at radius 1 is 1.57 bits per heavy atom. The number of hydrogen-bond acceptors (Lipinski definition) is 5. The van der Waals surface area contributed by atoms with Gasteiger partial charge in [0, 0.05) is 31.7 Å². The van der Waals surface area contributed by atoms with Crippen LogP contribution >= 0.6 is 0 Å². The van der Waals surface area contributed by atoms with Gasteiger partial charge in [0.05, 0.1) is 17.5 Å². The van der Waals surface area contributed by atoms with Gasteiger partial charge in [0.1, 0.15) is 24.2 Å². The van der Waals surface area contributed by atoms with Gasteiger partial charge >= 0.3 is 0 Å². The van der Waals surface area contributed by atoms with Crippen LogP contribution in [0, 0.1) is 16.7 Å². The van der Waals surface area contributed by atoms with Crippen LogP contribution in [0.25, 0.3) is 11.0 Å². The highest BCUT2D eigenvalue weighted by atomic mass is 16.2. The van der Waals surface area contributed by atoms with Crippen molar-refractivity contribution in [3.63, 3.8) is 0 Å². The van der Waals surface area contributed by atoms with E-state index in [0.29, 0.717) is 13.1 Å². The molecular weight excluding hydrogens is 292 g/mol. The molecule has 0 spiro atoms. The quantitative estimate of drug-likeness (QED) is 0.928. The molecule has 1 fully saturated rings. The van der Waals surface area contributed by atoms with Gasteiger partial charge < -0.3 is 14.8 Å². The molecule has 120 valence electrons. The van der Waals surface area contributed by atoms with E-state index in [1.807, 2.05) is 25.4 Å². The van der Waals surface area contributed by atoms with Gasteiger partial charge in [0.2, 0.25) is 5.91 Å². The van der Waals surface area contributed by atoms with Crippen LogP contribution in [0.4, 0.5) is 5.82 Å². The van der Waals surface area contributed by atoms with Crippen LogP contribution in [0.5, 0.6) is 0 Å². The standard InChI is InChI=1S/C16H20N6O/c1-16(2)9-22(13(23)4-6-17)8-12(16)21(3)15-11-5-7-18-14(11)19-10-20-15/h5,7,10,12H,4,8-9H2,1-3H3,(H,18,19,20)/t12-/m0/s1. The largest absolute Gasteiger partial charge is 0.354 e. The van der Waals surface area contributed by atoms with Gasteiger partial charge in [0.15, 0.2) is 0 Å². The van der Waals surface area contributed by atoms with Crippen LogP contribution in [-0.4, -0.2) is 51.9 Å². The van der Waals surface area contributed by atoms with E-state index in [1.165, 1.54) is 0 Å². The molecule has 7 nitrogen and oxygen atoms in total. The Labute approximate surface area is 134 Å². The number of fused-ring (bicyclic) bond motifs is 1. The number of aromatic amines is 1. The van der Waals surface area contributed by atoms with Crippen molar-refractivity contribution in [3.05, 3.63) is 18.6 Å². The first-order chi connectivity index (χ1) is 10.9. The van der Waals surface area contributed by atoms with E-state index in [1.54, 1.807) is 11.2 Å². The molecule has 1 aliphatic heterocycles. The summed E-state index contributed by atoms with van der Waals surface area (Å²) in [5.41, 5.74) is 0.711. The fraction of sp³-hybridized carbons (Fsp3) is 0.500. The SMILES string of the molecule is CN(c1ncnc2[nH]ccc12)[C@H]1CN(C(=O)CC#N)CC1(C)C. The number of anilines is 1. The predicted octanol–water partition coefficient (Wildman–Crippen LogP) is 1.54. The third-order valence-electron chi connectivity index (χ3n) is 4.61. The molecule has 0 saturated carbocycles. The number of nitriles is 1. The average Bonchev–Trinajstić information content (AvgIpc) is 3.10. The Kier molecular flexibility index (Phi) is 3.68. The summed E-state index contributed by atoms with van der Waals surface area (Å²) in [4.78, 5) is 27.7. The monoisotopic (exact) mass is 312 g/mol. The van der Waals surface area contributed by atoms with Crippen molar-refractivity contribution >= 4 is 22.8 Å². The molecule has 1 amide bonds. The van der Waals surface area contributed by atoms with Crippen LogP contribution in [0.3, 0.4) is 0 Å². The number of aromatic nitrogens is 3. The molecule has 1 saturated heterocycles. The molecule has 0 radical (unpaired) electrons. The van der Waals surface area contributed by atoms with E-state index in [4.69, 9.17) is 5.26 Å². The third-order valence-corrected chi connectivity index (χ3v) is 4.61. The molecule has 1 atom stereocenters. The number of carbonyl (C=O) groups is 1. The van der Waals surface area contributed by atoms with Crippen molar-refractivity contribution in [2.75, 3.05) is 25.0 Å². The minimum atomic E-state index is -0.106. The maximum atomic E-state index is 12.1. The van der Waals surface area contributed by atoms with Crippen LogP contribution < -0.4 is 4.90 Å². The summed E-state index contributed by atoms with van der Waals surface area (Å²) in [7, 11) is 2.00. The van der Waals surface area contributed by atoms with E-state index >= 15 is 0 Å². The van der Waals surface area contributed by atoms with E-state index in [-0.39, 0.29) is 23.8 Å². The zero-order valence-corrected chi connectivity index (χ0v) is 13.6. The molecule has 2 aromatic rings. The molecule has 23 heavy (non-hydrogen) atoms. The van der Waals surface area contributed by atoms with Crippen molar-refractivity contribution < 1.29 is 4.79 Å². The fourth-order valence-electron chi connectivity index (χ4n) is 3.42. The molecule has 1 N–H and O–H groups in total. The van der Waals surface area contributed by atoms with Gasteiger partial charge in [-0.25, -0.2) is 9.97 Å². The molecule has 0 unspecified atom stereocenters. The van der Waals surface area contributed by atoms with Crippen molar-refractivity contribution in [2.45, 2.75) is 26.3 Å². The Bertz CT molecular complexity index is 774. The number of H-pyrrole nitrogens is 1. The summed E-state index contributed by atoms with van der Waals surface area (Å²) < 4.78 is 0. The number of likely N-dealkylation sites (N-methyl/N-ethyl adjacent to an activating group) is 1. The van der Waals surface area contributed by atoms with Crippen molar-refractivity contribution in [1.29, 1.82) is 5.26 Å². The summed E-state index contributed by atoms with van der Waals surface area (Å²) in [5.74, 6) is 0.745. The second-order valence-electron chi connectivity index (χ2n) is 6.66. The zero-order chi connectivity index (χ0) is 16.6. The molecular formula is C16H20N6O. The number of amides is 1. The highest BCUT2D eigenvalue weighted by molar-refractivity contribution is 5.87. The summed E-state index contributed by atoms with van der Waals surface area (Å²) in [6.07, 6.45) is 3.33. The summed E-state index contributed by atoms with van der Waals surface area (Å²) in [6.45, 7) is 5.52. The summed E-state index contributed by atoms with van der Waals surface area (Å²) in [5, 5.41) is 9.71. The number of nitrogens with one attached hydrogen (secondary N) is 1. The lowest BCUT2D eigenvalue weighted by Gasteiger charge is -2.34. The summed E-state index contributed by atoms with van der Waals surface area (Å²) in [6, 6.07) is 4.02. The molecule has 3 heterocycles. The number of carbonyl (C=O) groups excluding carboxylic acids is 1. The average molecular weight is 312 g/mol. The Morgan fingerprint density at radius 3 is 3.09 bits per heavy atom. The molecule has 2 aromatic heterocycles. The molecule has 3 rings (SSSR count). The Balaban J connectivity index is 1.90. The number of likely N-dealkylation sites (tertiary alicyclic amines) is 1. The van der Waals surface area contributed by atoms with E-state index in [9.17, 15) is 4.79 Å². The van der Waals surface area contributed by atoms with Gasteiger partial charge in [-0.3, -0.25) is 4.79 Å². The van der Waals surface area contributed by atoms with Gasteiger partial charge in [-0.1, -0.05) is 13.8 Å². The third kappa shape index (κ3) is 2.61. The molecule has 0 aromatic carbocycles. The predicted molar refractivity (Wildman–Crippen MR) is 86.7 cm³/mol. The molecule has 7 heteroatoms. The van der Waals surface area contributed by atoms with Gasteiger partial charge in [-0.2, -0.15) is 5.26 Å². The lowest BCUT2D eigenvalue weighted by atomic mass is 9.87. The number of nitrogens with zero attached hydrogens (tertiary/aromatic N) is 5. The smallest absolute Gasteiger partial charge is 0.236 e. The maximum Gasteiger partial charge on any atom is 0.236 e. The van der Waals surface area contributed by atoms with Crippen LogP contribution in [0.2, 0.25) is 0 Å². The Morgan fingerprint density at radius 2 is 2.35 bits per heavy atom. The lowest BCUT2D eigenvalue weighted by molar-refractivity contribution is -0.129. The summed E-state index contributed by atoms with van der Waals surface area (Å²) >= 11 is 0. The lowest BCUT2D eigenvalue weighted by Crippen LogP contribution is -2.43. The van der Waals surface area contributed by atoms with Gasteiger partial charge in [-0.15, -0.1) is 0 Å². The van der Waals surface area contributed by atoms with Gasteiger partial charge in [0.25, 0.3) is 0 Å². The minimum absolute atomic E-state index is 0.0674. The van der Waals surface area contributed by atoms with Crippen molar-refractivity contribution in [1.82, 2.24) is 19.9 Å². The van der Waals surface area contributed by atoms with E-state index < -0.39 is 0 Å². The molecule has 0 aliphatic carbocycles. The maximum absolute atomic E-state index is 12.1. The van der Waals surface area contributed by atoms with E-state index in [0.717, 1.165) is 16.9 Å². The normalized spacial score (nSPS) is 19.7. The van der Waals surface area contributed by atoms with Crippen LogP contribution in [-0.2, 0) is 4.79 Å². The highest BCUT2D eigenvalue weighted by Crippen LogP contribution is 2.36. The zero-order valence-electron chi connectivity index (χ0n) is 13.6. The number of hydrogen-bond donors (Lipinski definition) is 1. The van der Waals surface area contributed by atoms with E-state index in [2.05, 4.69) is 33.7 Å². The van der Waals surface area contributed by atoms with Crippen molar-refractivity contribution in [2.24, 2.45) is 5.41 Å². The highest BCUT2D eigenvalue weighted by Gasteiger charge is 2.43. The van der Waals surface area contributed by atoms with Crippen molar-refractivity contribution in [3.8, 4) is 6.07 Å². The molecule has 0 bridgehead atoms. The second-order valence-corrected chi connectivity index (χ2v) is 6.66. The first-order valence-corrected chi connectivity index (χ1v) is 7.59. The van der Waals surface area contributed by atoms with Crippen LogP contribution in [0.15, 0.2) is 18.6 Å². The minimum Gasteiger partial charge on any atom is -0.354 e.